The molecule has 0 saturated carbocycles. The minimum absolute atomic E-state index is 0.0985. The quantitative estimate of drug-likeness (QED) is 0.367. The van der Waals surface area contributed by atoms with Crippen LogP contribution in [-0.4, -0.2) is 54.0 Å². The third-order valence-electron chi connectivity index (χ3n) is 5.96. The van der Waals surface area contributed by atoms with Crippen molar-refractivity contribution in [1.29, 1.82) is 0 Å². The van der Waals surface area contributed by atoms with Crippen LogP contribution < -0.4 is 9.47 Å². The second-order valence-electron chi connectivity index (χ2n) is 9.81. The zero-order chi connectivity index (χ0) is 24.1. The van der Waals surface area contributed by atoms with E-state index >= 15 is 0 Å². The Morgan fingerprint density at radius 1 is 1.26 bits per heavy atom. The second-order valence-corrected chi connectivity index (χ2v) is 10.9. The predicted octanol–water partition coefficient (Wildman–Crippen LogP) is 5.77. The molecule has 1 aromatic heterocycles. The van der Waals surface area contributed by atoms with Crippen molar-refractivity contribution in [3.8, 4) is 11.6 Å². The van der Waals surface area contributed by atoms with Gasteiger partial charge in [0.25, 0.3) is 0 Å². The summed E-state index contributed by atoms with van der Waals surface area (Å²) in [6, 6.07) is 9.83. The van der Waals surface area contributed by atoms with E-state index in [2.05, 4.69) is 22.0 Å². The van der Waals surface area contributed by atoms with Crippen molar-refractivity contribution in [3.63, 3.8) is 0 Å². The monoisotopic (exact) mass is 484 g/mol. The van der Waals surface area contributed by atoms with Crippen LogP contribution in [0.25, 0.3) is 5.57 Å². The molecule has 1 saturated heterocycles. The van der Waals surface area contributed by atoms with E-state index in [1.807, 2.05) is 51.2 Å². The number of esters is 1. The van der Waals surface area contributed by atoms with E-state index in [1.165, 1.54) is 0 Å². The third-order valence-corrected chi connectivity index (χ3v) is 7.05. The molecule has 2 aliphatic heterocycles. The molecule has 0 unspecified atom stereocenters. The highest BCUT2D eigenvalue weighted by molar-refractivity contribution is 7.99. The normalized spacial score (nSPS) is 18.7. The van der Waals surface area contributed by atoms with E-state index < -0.39 is 5.41 Å². The van der Waals surface area contributed by atoms with Gasteiger partial charge in [-0.05, 0) is 75.4 Å². The largest absolute Gasteiger partial charge is 0.473 e. The molecule has 7 heteroatoms. The number of hydrogen-bond donors (Lipinski definition) is 0. The number of benzene rings is 1. The second kappa shape index (κ2) is 10.9. The molecular formula is C27H33FN2O3S. The van der Waals surface area contributed by atoms with Gasteiger partial charge in [0.15, 0.2) is 0 Å². The first-order valence-corrected chi connectivity index (χ1v) is 12.9. The van der Waals surface area contributed by atoms with Gasteiger partial charge in [-0.1, -0.05) is 6.08 Å². The number of hydrogen-bond acceptors (Lipinski definition) is 6. The number of alkyl halides is 1. The van der Waals surface area contributed by atoms with Crippen molar-refractivity contribution >= 4 is 23.3 Å². The molecule has 182 valence electrons. The standard InChI is InChI=1S/C27H33FN2O3S/c1-27(2,3)26(31)33-20-8-9-23-22(6-4-15-34-24(23)16-20)19-7-10-25(29-17-19)32-21-11-14-30(18-21)13-5-12-28/h6-10,16-17,21H,4-5,11-15,18H2,1-3H3/t21-/m0/s1. The van der Waals surface area contributed by atoms with Crippen molar-refractivity contribution in [2.75, 3.05) is 32.1 Å². The van der Waals surface area contributed by atoms with Crippen LogP contribution in [0.1, 0.15) is 51.2 Å². The Hall–Kier alpha value is -2.38. The number of aromatic nitrogens is 1. The fourth-order valence-electron chi connectivity index (χ4n) is 4.08. The Morgan fingerprint density at radius 3 is 2.85 bits per heavy atom. The fourth-order valence-corrected chi connectivity index (χ4v) is 5.07. The average molecular weight is 485 g/mol. The summed E-state index contributed by atoms with van der Waals surface area (Å²) < 4.78 is 24.1. The summed E-state index contributed by atoms with van der Waals surface area (Å²) >= 11 is 1.77. The molecule has 1 aromatic carbocycles. The third kappa shape index (κ3) is 6.19. The molecule has 5 nitrogen and oxygen atoms in total. The number of fused-ring (bicyclic) bond motifs is 1. The molecule has 4 rings (SSSR count). The van der Waals surface area contributed by atoms with Crippen molar-refractivity contribution in [2.45, 2.75) is 51.0 Å². The lowest BCUT2D eigenvalue weighted by atomic mass is 9.97. The fraction of sp³-hybridized carbons (Fsp3) is 0.481. The molecule has 34 heavy (non-hydrogen) atoms. The van der Waals surface area contributed by atoms with Gasteiger partial charge in [0.2, 0.25) is 5.88 Å². The van der Waals surface area contributed by atoms with Crippen LogP contribution >= 0.6 is 11.8 Å². The summed E-state index contributed by atoms with van der Waals surface area (Å²) in [5.41, 5.74) is 2.73. The van der Waals surface area contributed by atoms with E-state index in [0.29, 0.717) is 18.1 Å². The van der Waals surface area contributed by atoms with Gasteiger partial charge in [-0.15, -0.1) is 11.8 Å². The average Bonchev–Trinajstić information content (AvgIpc) is 3.14. The lowest BCUT2D eigenvalue weighted by molar-refractivity contribution is -0.143. The number of ether oxygens (including phenoxy) is 2. The summed E-state index contributed by atoms with van der Waals surface area (Å²) in [5.74, 6) is 1.91. The van der Waals surface area contributed by atoms with Gasteiger partial charge in [-0.25, -0.2) is 4.98 Å². The summed E-state index contributed by atoms with van der Waals surface area (Å²) in [5, 5.41) is 0. The molecule has 0 bridgehead atoms. The molecular weight excluding hydrogens is 451 g/mol. The van der Waals surface area contributed by atoms with Crippen LogP contribution in [0.3, 0.4) is 0 Å². The lowest BCUT2D eigenvalue weighted by Gasteiger charge is -2.18. The molecule has 2 aromatic rings. The number of carbonyl (C=O) groups excluding carboxylic acids is 1. The number of pyridine rings is 1. The highest BCUT2D eigenvalue weighted by atomic mass is 32.2. The zero-order valence-corrected chi connectivity index (χ0v) is 21.0. The molecule has 1 atom stereocenters. The Kier molecular flexibility index (Phi) is 7.94. The number of carbonyl (C=O) groups is 1. The first-order valence-electron chi connectivity index (χ1n) is 11.9. The minimum Gasteiger partial charge on any atom is -0.473 e. The number of nitrogens with zero attached hydrogens (tertiary/aromatic N) is 2. The van der Waals surface area contributed by atoms with Gasteiger partial charge in [0.1, 0.15) is 11.9 Å². The van der Waals surface area contributed by atoms with Crippen LogP contribution in [0.4, 0.5) is 4.39 Å². The van der Waals surface area contributed by atoms with E-state index in [9.17, 15) is 9.18 Å². The van der Waals surface area contributed by atoms with Crippen LogP contribution in [0.5, 0.6) is 11.6 Å². The van der Waals surface area contributed by atoms with Gasteiger partial charge < -0.3 is 9.47 Å². The van der Waals surface area contributed by atoms with Gasteiger partial charge in [-0.3, -0.25) is 14.1 Å². The van der Waals surface area contributed by atoms with Crippen LogP contribution in [-0.2, 0) is 4.79 Å². The summed E-state index contributed by atoms with van der Waals surface area (Å²) in [7, 11) is 0. The van der Waals surface area contributed by atoms with Gasteiger partial charge in [-0.2, -0.15) is 0 Å². The maximum Gasteiger partial charge on any atom is 0.316 e. The SMILES string of the molecule is CC(C)(C)C(=O)Oc1ccc2c(c1)SCCC=C2c1ccc(O[C@H]2CCN(CCCF)C2)nc1. The van der Waals surface area contributed by atoms with Crippen molar-refractivity contribution in [1.82, 2.24) is 9.88 Å². The minimum atomic E-state index is -0.550. The van der Waals surface area contributed by atoms with E-state index in [0.717, 1.165) is 59.8 Å². The first kappa shape index (κ1) is 24.7. The van der Waals surface area contributed by atoms with Gasteiger partial charge in [0.05, 0.1) is 12.1 Å². The first-order chi connectivity index (χ1) is 16.3. The van der Waals surface area contributed by atoms with Crippen molar-refractivity contribution in [2.24, 2.45) is 5.41 Å². The predicted molar refractivity (Wildman–Crippen MR) is 134 cm³/mol. The number of allylic oxidation sites excluding steroid dienone is 1. The number of thioether (sulfide) groups is 1. The van der Waals surface area contributed by atoms with Crippen molar-refractivity contribution < 1.29 is 18.7 Å². The zero-order valence-electron chi connectivity index (χ0n) is 20.2. The maximum absolute atomic E-state index is 12.4. The molecule has 1 fully saturated rings. The molecule has 0 N–H and O–H groups in total. The summed E-state index contributed by atoms with van der Waals surface area (Å²) in [6.45, 7) is 7.83. The summed E-state index contributed by atoms with van der Waals surface area (Å²) in [6.07, 6.45) is 6.67. The van der Waals surface area contributed by atoms with E-state index in [4.69, 9.17) is 9.47 Å². The molecule has 0 aliphatic carbocycles. The Morgan fingerprint density at radius 2 is 2.12 bits per heavy atom. The summed E-state index contributed by atoms with van der Waals surface area (Å²) in [4.78, 5) is 20.2. The smallest absolute Gasteiger partial charge is 0.316 e. The van der Waals surface area contributed by atoms with Crippen LogP contribution in [0.15, 0.2) is 47.5 Å². The molecule has 0 amide bonds. The topological polar surface area (TPSA) is 51.7 Å². The van der Waals surface area contributed by atoms with Gasteiger partial charge >= 0.3 is 5.97 Å². The highest BCUT2D eigenvalue weighted by Crippen LogP contribution is 2.38. The lowest BCUT2D eigenvalue weighted by Crippen LogP contribution is -2.26. The maximum atomic E-state index is 12.4. The molecule has 0 radical (unpaired) electrons. The van der Waals surface area contributed by atoms with Crippen LogP contribution in [0.2, 0.25) is 0 Å². The Labute approximate surface area is 205 Å². The highest BCUT2D eigenvalue weighted by Gasteiger charge is 2.25. The Balaban J connectivity index is 1.45. The van der Waals surface area contributed by atoms with E-state index in [-0.39, 0.29) is 18.7 Å². The van der Waals surface area contributed by atoms with E-state index in [1.54, 1.807) is 11.8 Å². The Bertz CT molecular complexity index is 1030. The molecule has 0 spiro atoms. The number of halogens is 1. The van der Waals surface area contributed by atoms with Crippen molar-refractivity contribution in [3.05, 3.63) is 53.7 Å². The molecule has 3 heterocycles. The number of rotatable bonds is 7. The van der Waals surface area contributed by atoms with Gasteiger partial charge in [0, 0.05) is 48.1 Å². The molecule has 2 aliphatic rings. The van der Waals surface area contributed by atoms with Crippen LogP contribution in [0, 0.1) is 5.41 Å². The number of likely N-dealkylation sites (tertiary alicyclic amines) is 1.